The van der Waals surface area contributed by atoms with Gasteiger partial charge < -0.3 is 9.84 Å². The minimum absolute atomic E-state index is 0.165. The van der Waals surface area contributed by atoms with Crippen molar-refractivity contribution in [1.29, 1.82) is 0 Å². The van der Waals surface area contributed by atoms with Gasteiger partial charge in [0.15, 0.2) is 0 Å². The average Bonchev–Trinajstić information content (AvgIpc) is 3.19. The quantitative estimate of drug-likeness (QED) is 0.568. The van der Waals surface area contributed by atoms with E-state index in [4.69, 9.17) is 4.74 Å². The van der Waals surface area contributed by atoms with Gasteiger partial charge in [0.1, 0.15) is 5.75 Å². The number of thioether (sulfide) groups is 1. The van der Waals surface area contributed by atoms with Crippen LogP contribution in [0.4, 0.5) is 0 Å². The van der Waals surface area contributed by atoms with E-state index in [2.05, 4.69) is 53.7 Å². The molecule has 3 aliphatic rings. The molecule has 2 saturated carbocycles. The van der Waals surface area contributed by atoms with Crippen LogP contribution in [-0.2, 0) is 25.2 Å². The molecular weight excluding hydrogens is 372 g/mol. The molecule has 1 aromatic carbocycles. The summed E-state index contributed by atoms with van der Waals surface area (Å²) < 4.78 is 4.93. The van der Waals surface area contributed by atoms with Crippen molar-refractivity contribution in [3.05, 3.63) is 23.3 Å². The Morgan fingerprint density at radius 1 is 0.929 bits per heavy atom. The molecule has 4 rings (SSSR count). The Morgan fingerprint density at radius 2 is 1.46 bits per heavy atom. The minimum atomic E-state index is -0.315. The molecular formula is C23H30O4S. The van der Waals surface area contributed by atoms with Gasteiger partial charge >= 0.3 is 11.9 Å². The number of cyclic esters (lactones) is 2. The van der Waals surface area contributed by atoms with Crippen LogP contribution in [0.3, 0.4) is 0 Å². The number of phenols is 1. The first-order valence-corrected chi connectivity index (χ1v) is 11.1. The van der Waals surface area contributed by atoms with E-state index in [9.17, 15) is 14.7 Å². The minimum Gasteiger partial charge on any atom is -0.507 e. The number of phenolic OH excluding ortho intramolecular Hbond substituents is 1. The molecule has 0 radical (unpaired) electrons. The van der Waals surface area contributed by atoms with E-state index in [0.717, 1.165) is 28.9 Å². The lowest BCUT2D eigenvalue weighted by Gasteiger charge is -2.30. The smallest absolute Gasteiger partial charge is 0.317 e. The molecule has 152 valence electrons. The number of benzene rings is 1. The third-order valence-electron chi connectivity index (χ3n) is 6.68. The number of carbonyl (C=O) groups is 2. The second kappa shape index (κ2) is 6.25. The fourth-order valence-corrected chi connectivity index (χ4v) is 6.85. The van der Waals surface area contributed by atoms with Crippen molar-refractivity contribution in [3.63, 3.8) is 0 Å². The highest BCUT2D eigenvalue weighted by molar-refractivity contribution is 8.00. The summed E-state index contributed by atoms with van der Waals surface area (Å²) in [5, 5.41) is 11.2. The van der Waals surface area contributed by atoms with E-state index in [1.54, 1.807) is 11.8 Å². The Bertz CT molecular complexity index is 810. The number of ether oxygens (including phenoxy) is 1. The molecule has 2 aliphatic carbocycles. The number of hydrogen-bond acceptors (Lipinski definition) is 5. The van der Waals surface area contributed by atoms with Crippen LogP contribution >= 0.6 is 11.8 Å². The van der Waals surface area contributed by atoms with Gasteiger partial charge in [-0.15, -0.1) is 11.8 Å². The van der Waals surface area contributed by atoms with Gasteiger partial charge in [-0.1, -0.05) is 41.5 Å². The number of esters is 2. The molecule has 1 aliphatic heterocycles. The van der Waals surface area contributed by atoms with Gasteiger partial charge in [0, 0.05) is 21.3 Å². The van der Waals surface area contributed by atoms with Crippen LogP contribution in [0.15, 0.2) is 17.0 Å². The maximum Gasteiger partial charge on any atom is 0.317 e. The van der Waals surface area contributed by atoms with E-state index >= 15 is 0 Å². The monoisotopic (exact) mass is 402 g/mol. The van der Waals surface area contributed by atoms with E-state index < -0.39 is 0 Å². The summed E-state index contributed by atoms with van der Waals surface area (Å²) in [6.45, 7) is 12.7. The second-order valence-corrected chi connectivity index (χ2v) is 12.0. The number of rotatable bonds is 2. The van der Waals surface area contributed by atoms with Gasteiger partial charge in [-0.25, -0.2) is 0 Å². The highest BCUT2D eigenvalue weighted by Gasteiger charge is 2.63. The largest absolute Gasteiger partial charge is 0.507 e. The highest BCUT2D eigenvalue weighted by Crippen LogP contribution is 2.59. The molecule has 4 nitrogen and oxygen atoms in total. The summed E-state index contributed by atoms with van der Waals surface area (Å²) >= 11 is 1.81. The van der Waals surface area contributed by atoms with Gasteiger partial charge in [-0.2, -0.15) is 0 Å². The molecule has 0 spiro atoms. The average molecular weight is 403 g/mol. The summed E-state index contributed by atoms with van der Waals surface area (Å²) in [6, 6.07) is 4.22. The second-order valence-electron chi connectivity index (χ2n) is 10.7. The molecule has 1 N–H and O–H groups in total. The Kier molecular flexibility index (Phi) is 4.42. The van der Waals surface area contributed by atoms with Crippen LogP contribution in [0.25, 0.3) is 0 Å². The van der Waals surface area contributed by atoms with Gasteiger partial charge in [0.2, 0.25) is 0 Å². The summed E-state index contributed by atoms with van der Waals surface area (Å²) in [5.41, 5.74) is 1.59. The van der Waals surface area contributed by atoms with Crippen LogP contribution in [0.1, 0.15) is 65.5 Å². The molecule has 0 amide bonds. The molecule has 5 atom stereocenters. The van der Waals surface area contributed by atoms with E-state index in [1.807, 2.05) is 0 Å². The summed E-state index contributed by atoms with van der Waals surface area (Å²) in [5.74, 6) is -0.196. The zero-order valence-corrected chi connectivity index (χ0v) is 18.4. The maximum absolute atomic E-state index is 12.2. The molecule has 28 heavy (non-hydrogen) atoms. The lowest BCUT2D eigenvalue weighted by Crippen LogP contribution is -2.31. The van der Waals surface area contributed by atoms with Crippen LogP contribution < -0.4 is 0 Å². The zero-order valence-electron chi connectivity index (χ0n) is 17.5. The van der Waals surface area contributed by atoms with Gasteiger partial charge in [0.25, 0.3) is 0 Å². The van der Waals surface area contributed by atoms with Crippen molar-refractivity contribution in [2.45, 2.75) is 75.4 Å². The first kappa shape index (κ1) is 19.8. The Morgan fingerprint density at radius 3 is 2.00 bits per heavy atom. The number of aromatic hydroxyl groups is 1. The standard InChI is InChI=1S/C23H30O4S/c1-22(2,3)14-9-12(10-15(19(14)24)23(4,5)6)28-16-8-11-7-13(16)18-17(11)20(25)27-21(18)26/h9-11,13,16-18,24H,7-8H2,1-6H3. The van der Waals surface area contributed by atoms with Crippen LogP contribution in [0, 0.1) is 23.7 Å². The Balaban J connectivity index is 1.66. The lowest BCUT2D eigenvalue weighted by molar-refractivity contribution is -0.154. The predicted octanol–water partition coefficient (Wildman–Crippen LogP) is 4.80. The van der Waals surface area contributed by atoms with Crippen molar-refractivity contribution >= 4 is 23.7 Å². The normalized spacial score (nSPS) is 32.0. The maximum atomic E-state index is 12.2. The SMILES string of the molecule is CC(C)(C)c1cc(SC2CC3CC2C2C(=O)OC(=O)C32)cc(C(C)(C)C)c1O. The zero-order chi connectivity index (χ0) is 20.6. The van der Waals surface area contributed by atoms with E-state index in [0.29, 0.717) is 11.0 Å². The highest BCUT2D eigenvalue weighted by atomic mass is 32.2. The third kappa shape index (κ3) is 3.06. The summed E-state index contributed by atoms with van der Waals surface area (Å²) in [7, 11) is 0. The van der Waals surface area contributed by atoms with E-state index in [-0.39, 0.29) is 46.4 Å². The van der Waals surface area contributed by atoms with Crippen LogP contribution in [0.2, 0.25) is 0 Å². The number of carbonyl (C=O) groups excluding carboxylic acids is 2. The lowest BCUT2D eigenvalue weighted by atomic mass is 9.79. The topological polar surface area (TPSA) is 63.6 Å². The van der Waals surface area contributed by atoms with Gasteiger partial charge in [-0.05, 0) is 47.6 Å². The predicted molar refractivity (Wildman–Crippen MR) is 109 cm³/mol. The van der Waals surface area contributed by atoms with Crippen molar-refractivity contribution < 1.29 is 19.4 Å². The molecule has 2 bridgehead atoms. The summed E-state index contributed by atoms with van der Waals surface area (Å²) in [6.07, 6.45) is 1.90. The van der Waals surface area contributed by atoms with Crippen molar-refractivity contribution in [2.24, 2.45) is 23.7 Å². The van der Waals surface area contributed by atoms with Crippen molar-refractivity contribution in [3.8, 4) is 5.75 Å². The van der Waals surface area contributed by atoms with Crippen molar-refractivity contribution in [1.82, 2.24) is 0 Å². The number of hydrogen-bond donors (Lipinski definition) is 1. The molecule has 0 aromatic heterocycles. The fraction of sp³-hybridized carbons (Fsp3) is 0.652. The van der Waals surface area contributed by atoms with Crippen molar-refractivity contribution in [2.75, 3.05) is 0 Å². The fourth-order valence-electron chi connectivity index (χ4n) is 5.33. The number of fused-ring (bicyclic) bond motifs is 5. The van der Waals surface area contributed by atoms with Gasteiger partial charge in [-0.3, -0.25) is 9.59 Å². The summed E-state index contributed by atoms with van der Waals surface area (Å²) in [4.78, 5) is 25.3. The Labute approximate surface area is 171 Å². The molecule has 1 saturated heterocycles. The van der Waals surface area contributed by atoms with Crippen LogP contribution in [0.5, 0.6) is 5.75 Å². The van der Waals surface area contributed by atoms with Gasteiger partial charge in [0.05, 0.1) is 11.8 Å². The molecule has 3 fully saturated rings. The molecule has 1 heterocycles. The van der Waals surface area contributed by atoms with Crippen LogP contribution in [-0.4, -0.2) is 22.3 Å². The molecule has 1 aromatic rings. The van der Waals surface area contributed by atoms with E-state index in [1.165, 1.54) is 0 Å². The Hall–Kier alpha value is -1.49. The molecule has 5 heteroatoms. The first-order chi connectivity index (χ1) is 12.9. The third-order valence-corrected chi connectivity index (χ3v) is 8.03. The first-order valence-electron chi connectivity index (χ1n) is 10.2. The molecule has 5 unspecified atom stereocenters.